The number of aliphatic hydroxyl groups is 2. The fraction of sp³-hybridized carbons (Fsp3) is 0.286. The number of carboxylic acids is 2. The number of amides is 1. The Kier molecular flexibility index (Phi) is 15.6. The maximum absolute atomic E-state index is 14.0. The Labute approximate surface area is 297 Å². The third-order valence-corrected chi connectivity index (χ3v) is 6.93. The van der Waals surface area contributed by atoms with Crippen LogP contribution < -0.4 is 5.32 Å². The van der Waals surface area contributed by atoms with Crippen molar-refractivity contribution in [2.45, 2.75) is 64.7 Å². The van der Waals surface area contributed by atoms with Crippen LogP contribution in [0.2, 0.25) is 0 Å². The van der Waals surface area contributed by atoms with E-state index in [0.717, 1.165) is 18.2 Å². The predicted molar refractivity (Wildman–Crippen MR) is 179 cm³/mol. The van der Waals surface area contributed by atoms with Crippen LogP contribution in [-0.2, 0) is 16.1 Å². The molecule has 5 N–H and O–H groups in total. The third-order valence-electron chi connectivity index (χ3n) is 6.93. The Morgan fingerprint density at radius 2 is 1.37 bits per heavy atom. The maximum atomic E-state index is 14.0. The van der Waals surface area contributed by atoms with Crippen LogP contribution in [0.5, 0.6) is 0 Å². The number of nitrogens with zero attached hydrogens (tertiary/aromatic N) is 1. The van der Waals surface area contributed by atoms with Gasteiger partial charge in [-0.15, -0.1) is 0 Å². The zero-order chi connectivity index (χ0) is 33.1. The van der Waals surface area contributed by atoms with Crippen LogP contribution in [0.1, 0.15) is 62.0 Å². The molecule has 0 saturated heterocycles. The van der Waals surface area contributed by atoms with Crippen molar-refractivity contribution in [1.29, 1.82) is 0 Å². The Balaban J connectivity index is 0.00000139. The van der Waals surface area contributed by atoms with Crippen LogP contribution in [-0.4, -0.2) is 92.8 Å². The van der Waals surface area contributed by atoms with Gasteiger partial charge in [0.15, 0.2) is 0 Å². The zero-order valence-electron chi connectivity index (χ0n) is 25.5. The molecule has 242 valence electrons. The molecule has 1 amide bonds. The summed E-state index contributed by atoms with van der Waals surface area (Å²) in [6.07, 6.45) is -2.51. The van der Waals surface area contributed by atoms with Crippen LogP contribution >= 0.6 is 0 Å². The number of carbonyl (C=O) groups is 3. The standard InChI is InChI=1S/C33H35FN2O5.C2H4O2.Ca.2H/c1-21(2)31-30(33(41)35-25-11-7-4-8-12-25)29(22-9-5-3-6-10-22)32(23-13-15-24(34)16-14-23)36(31)18-17-26(37)19-27(38)20-28(39)40;1-2(3)4;;;/h3-16,21,26-27,37-38H,17-20H2,1-2H3,(H,35,41)(H,39,40);1H3,(H,3,4);;;/t26-,27-;;;;/m1..../s1. The number of aliphatic carboxylic acids is 2. The summed E-state index contributed by atoms with van der Waals surface area (Å²) >= 11 is 0. The molecule has 11 heteroatoms. The summed E-state index contributed by atoms with van der Waals surface area (Å²) in [6, 6.07) is 24.8. The van der Waals surface area contributed by atoms with Gasteiger partial charge in [0, 0.05) is 30.4 Å². The molecule has 0 aliphatic carbocycles. The fourth-order valence-corrected chi connectivity index (χ4v) is 5.20. The third kappa shape index (κ3) is 11.1. The van der Waals surface area contributed by atoms with E-state index in [1.54, 1.807) is 12.1 Å². The number of para-hydroxylation sites is 1. The fourth-order valence-electron chi connectivity index (χ4n) is 5.20. The first-order chi connectivity index (χ1) is 21.4. The molecule has 9 nitrogen and oxygen atoms in total. The Bertz CT molecular complexity index is 1570. The van der Waals surface area contributed by atoms with E-state index >= 15 is 0 Å². The van der Waals surface area contributed by atoms with E-state index in [2.05, 4.69) is 5.32 Å². The van der Waals surface area contributed by atoms with Crippen LogP contribution in [0.15, 0.2) is 84.9 Å². The number of carboxylic acid groups (broad SMARTS) is 2. The zero-order valence-corrected chi connectivity index (χ0v) is 25.5. The molecule has 2 atom stereocenters. The molecule has 0 fully saturated rings. The van der Waals surface area contributed by atoms with Gasteiger partial charge in [-0.1, -0.05) is 62.4 Å². The normalized spacial score (nSPS) is 11.9. The average Bonchev–Trinajstić information content (AvgIpc) is 3.32. The number of hydrogen-bond donors (Lipinski definition) is 5. The number of carbonyl (C=O) groups excluding carboxylic acids is 1. The van der Waals surface area contributed by atoms with Crippen molar-refractivity contribution in [3.05, 3.63) is 102 Å². The first-order valence-electron chi connectivity index (χ1n) is 14.6. The summed E-state index contributed by atoms with van der Waals surface area (Å²) < 4.78 is 16.0. The van der Waals surface area contributed by atoms with Gasteiger partial charge < -0.3 is 30.3 Å². The summed E-state index contributed by atoms with van der Waals surface area (Å²) in [7, 11) is 0. The molecule has 0 aliphatic rings. The second-order valence-corrected chi connectivity index (χ2v) is 10.9. The molecule has 0 aliphatic heterocycles. The number of hydrogen-bond acceptors (Lipinski definition) is 5. The number of nitrogens with one attached hydrogen (secondary N) is 1. The summed E-state index contributed by atoms with van der Waals surface area (Å²) in [5.74, 6) is -2.77. The van der Waals surface area contributed by atoms with E-state index in [0.29, 0.717) is 28.1 Å². The number of rotatable bonds is 12. The molecule has 1 aromatic heterocycles. The Hall–Kier alpha value is -3.54. The summed E-state index contributed by atoms with van der Waals surface area (Å²) in [5.41, 5.74) is 4.77. The molecule has 46 heavy (non-hydrogen) atoms. The van der Waals surface area contributed by atoms with Gasteiger partial charge in [0.1, 0.15) is 5.82 Å². The first-order valence-corrected chi connectivity index (χ1v) is 14.6. The Morgan fingerprint density at radius 3 is 1.89 bits per heavy atom. The molecule has 3 aromatic carbocycles. The van der Waals surface area contributed by atoms with Crippen molar-refractivity contribution in [3.63, 3.8) is 0 Å². The average molecular weight is 661 g/mol. The summed E-state index contributed by atoms with van der Waals surface area (Å²) in [5, 5.41) is 40.2. The van der Waals surface area contributed by atoms with E-state index in [4.69, 9.17) is 15.0 Å². The van der Waals surface area contributed by atoms with Crippen LogP contribution in [0, 0.1) is 5.82 Å². The van der Waals surface area contributed by atoms with Crippen LogP contribution in [0.25, 0.3) is 22.4 Å². The second-order valence-electron chi connectivity index (χ2n) is 10.9. The molecule has 1 heterocycles. The first kappa shape index (κ1) is 38.6. The Morgan fingerprint density at radius 1 is 0.826 bits per heavy atom. The minimum atomic E-state index is -1.18. The molecule has 4 rings (SSSR count). The quantitative estimate of drug-likeness (QED) is 0.126. The minimum absolute atomic E-state index is 0. The monoisotopic (exact) mass is 660 g/mol. The van der Waals surface area contributed by atoms with E-state index < -0.39 is 30.6 Å². The van der Waals surface area contributed by atoms with Crippen molar-refractivity contribution in [1.82, 2.24) is 4.57 Å². The van der Waals surface area contributed by atoms with Gasteiger partial charge >= 0.3 is 43.7 Å². The molecule has 0 unspecified atom stereocenters. The van der Waals surface area contributed by atoms with Crippen molar-refractivity contribution in [2.75, 3.05) is 5.32 Å². The van der Waals surface area contributed by atoms with Gasteiger partial charge in [-0.25, -0.2) is 4.39 Å². The van der Waals surface area contributed by atoms with Gasteiger partial charge in [-0.05, 0) is 66.3 Å². The van der Waals surface area contributed by atoms with Crippen molar-refractivity contribution in [2.24, 2.45) is 0 Å². The van der Waals surface area contributed by atoms with Crippen molar-refractivity contribution < 1.29 is 39.2 Å². The number of benzene rings is 3. The van der Waals surface area contributed by atoms with E-state index in [1.165, 1.54) is 12.1 Å². The summed E-state index contributed by atoms with van der Waals surface area (Å²) in [4.78, 5) is 34.0. The van der Waals surface area contributed by atoms with Gasteiger partial charge in [0.2, 0.25) is 0 Å². The van der Waals surface area contributed by atoms with Gasteiger partial charge in [0.25, 0.3) is 11.9 Å². The second kappa shape index (κ2) is 18.6. The molecular formula is C35H41CaFN2O7. The van der Waals surface area contributed by atoms with E-state index in [-0.39, 0.29) is 74.8 Å². The van der Waals surface area contributed by atoms with Crippen LogP contribution in [0.3, 0.4) is 0 Å². The molecule has 0 spiro atoms. The molecule has 0 saturated carbocycles. The number of aromatic nitrogens is 1. The van der Waals surface area contributed by atoms with E-state index in [1.807, 2.05) is 79.1 Å². The molecule has 0 bridgehead atoms. The summed E-state index contributed by atoms with van der Waals surface area (Å²) in [6.45, 7) is 5.34. The van der Waals surface area contributed by atoms with Crippen LogP contribution in [0.4, 0.5) is 10.1 Å². The molecular weight excluding hydrogens is 619 g/mol. The molecule has 4 aromatic rings. The molecule has 0 radical (unpaired) electrons. The topological polar surface area (TPSA) is 149 Å². The predicted octanol–water partition coefficient (Wildman–Crippen LogP) is 5.49. The number of anilines is 1. The van der Waals surface area contributed by atoms with E-state index in [9.17, 15) is 24.2 Å². The van der Waals surface area contributed by atoms with Crippen molar-refractivity contribution >= 4 is 61.3 Å². The number of halogens is 1. The van der Waals surface area contributed by atoms with Gasteiger partial charge in [-0.2, -0.15) is 0 Å². The van der Waals surface area contributed by atoms with Gasteiger partial charge in [-0.3, -0.25) is 14.4 Å². The van der Waals surface area contributed by atoms with Crippen molar-refractivity contribution in [3.8, 4) is 22.4 Å². The SMILES string of the molecule is CC(=O)O.CC(C)c1c(C(=O)Nc2ccccc2)c(-c2ccccc2)c(-c2ccc(F)cc2)n1CC[C@@H](O)C[C@@H](O)CC(=O)O.[CaH2]. The van der Waals surface area contributed by atoms with Gasteiger partial charge in [0.05, 0.1) is 29.9 Å². The number of aliphatic hydroxyl groups excluding tert-OH is 2.